The van der Waals surface area contributed by atoms with Gasteiger partial charge in [0.15, 0.2) is 5.78 Å². The highest BCUT2D eigenvalue weighted by Gasteiger charge is 2.49. The molecular weight excluding hydrogens is 378 g/mol. The van der Waals surface area contributed by atoms with Crippen molar-refractivity contribution >= 4 is 5.78 Å². The summed E-state index contributed by atoms with van der Waals surface area (Å²) in [5.74, 6) is -0.106. The molecule has 0 spiro atoms. The molecule has 2 nitrogen and oxygen atoms in total. The van der Waals surface area contributed by atoms with Gasteiger partial charge in [0.2, 0.25) is 0 Å². The Morgan fingerprint density at radius 2 is 0.710 bits per heavy atom. The summed E-state index contributed by atoms with van der Waals surface area (Å²) in [4.78, 5) is 14.3. The van der Waals surface area contributed by atoms with Crippen LogP contribution in [-0.4, -0.2) is 5.78 Å². The van der Waals surface area contributed by atoms with Crippen LogP contribution in [0.1, 0.15) is 46.2 Å². The number of hydrogen-bond donors (Lipinski definition) is 1. The Balaban J connectivity index is 1.67. The molecule has 152 valence electrons. The fourth-order valence-corrected chi connectivity index (χ4v) is 5.01. The molecule has 4 aromatic carbocycles. The maximum absolute atomic E-state index is 14.3. The SMILES string of the molecule is O=C1[C@H](c2ccccc2)[C@@H](c2ccccc2)[NH2+][C@H](c2ccccc2)[C@@H]1c1ccccc1. The molecular formula is C29H26NO+. The van der Waals surface area contributed by atoms with Crippen LogP contribution >= 0.6 is 0 Å². The number of rotatable bonds is 4. The van der Waals surface area contributed by atoms with Crippen molar-refractivity contribution < 1.29 is 10.1 Å². The van der Waals surface area contributed by atoms with Crippen molar-refractivity contribution in [3.05, 3.63) is 144 Å². The largest absolute Gasteiger partial charge is 0.332 e. The lowest BCUT2D eigenvalue weighted by molar-refractivity contribution is -0.742. The van der Waals surface area contributed by atoms with E-state index in [1.165, 1.54) is 11.1 Å². The molecule has 0 unspecified atom stereocenters. The van der Waals surface area contributed by atoms with E-state index in [-0.39, 0.29) is 23.9 Å². The molecule has 1 heterocycles. The molecule has 0 radical (unpaired) electrons. The standard InChI is InChI=1S/C29H25NO/c31-29-25(21-13-5-1-6-14-21)27(23-17-9-3-10-18-23)30-28(24-19-11-4-12-20-24)26(29)22-15-7-2-8-16-22/h1-20,25-28,30H/p+1/t25-,26+,27-,28-/m1/s1. The van der Waals surface area contributed by atoms with Crippen LogP contribution in [-0.2, 0) is 4.79 Å². The Kier molecular flexibility index (Phi) is 5.47. The number of carbonyl (C=O) groups is 1. The van der Waals surface area contributed by atoms with E-state index >= 15 is 0 Å². The maximum Gasteiger partial charge on any atom is 0.160 e. The van der Waals surface area contributed by atoms with Crippen molar-refractivity contribution in [2.45, 2.75) is 23.9 Å². The Morgan fingerprint density at radius 1 is 0.419 bits per heavy atom. The summed E-state index contributed by atoms with van der Waals surface area (Å²) in [5.41, 5.74) is 4.56. The van der Waals surface area contributed by atoms with Gasteiger partial charge in [-0.15, -0.1) is 0 Å². The van der Waals surface area contributed by atoms with Gasteiger partial charge in [0.05, 0.1) is 11.8 Å². The fourth-order valence-electron chi connectivity index (χ4n) is 5.01. The minimum Gasteiger partial charge on any atom is -0.332 e. The Labute approximate surface area is 183 Å². The van der Waals surface area contributed by atoms with Crippen LogP contribution in [0.5, 0.6) is 0 Å². The monoisotopic (exact) mass is 404 g/mol. The summed E-state index contributed by atoms with van der Waals surface area (Å²) in [7, 11) is 0. The Morgan fingerprint density at radius 3 is 1.03 bits per heavy atom. The molecule has 0 amide bonds. The number of Topliss-reactive ketones (excluding diaryl/α,β-unsaturated/α-hetero) is 1. The van der Waals surface area contributed by atoms with Gasteiger partial charge in [-0.1, -0.05) is 121 Å². The van der Waals surface area contributed by atoms with Crippen LogP contribution in [0.15, 0.2) is 121 Å². The lowest BCUT2D eigenvalue weighted by atomic mass is 9.70. The lowest BCUT2D eigenvalue weighted by Gasteiger charge is -2.39. The lowest BCUT2D eigenvalue weighted by Crippen LogP contribution is -2.91. The van der Waals surface area contributed by atoms with E-state index in [2.05, 4.69) is 78.1 Å². The quantitative estimate of drug-likeness (QED) is 0.499. The third kappa shape index (κ3) is 3.83. The number of piperidine rings is 1. The van der Waals surface area contributed by atoms with Crippen molar-refractivity contribution in [3.63, 3.8) is 0 Å². The van der Waals surface area contributed by atoms with E-state index in [4.69, 9.17) is 0 Å². The molecule has 0 bridgehead atoms. The molecule has 1 saturated heterocycles. The second-order valence-electron chi connectivity index (χ2n) is 8.24. The molecule has 0 aromatic heterocycles. The van der Waals surface area contributed by atoms with Gasteiger partial charge in [0, 0.05) is 11.1 Å². The number of benzene rings is 4. The summed E-state index contributed by atoms with van der Waals surface area (Å²) >= 11 is 0. The van der Waals surface area contributed by atoms with Gasteiger partial charge in [0.25, 0.3) is 0 Å². The van der Waals surface area contributed by atoms with E-state index in [9.17, 15) is 4.79 Å². The molecule has 2 N–H and O–H groups in total. The van der Waals surface area contributed by atoms with Gasteiger partial charge in [-0.3, -0.25) is 4.79 Å². The number of carbonyl (C=O) groups excluding carboxylic acids is 1. The molecule has 2 heteroatoms. The third-order valence-corrected chi connectivity index (χ3v) is 6.43. The van der Waals surface area contributed by atoms with Crippen molar-refractivity contribution in [1.82, 2.24) is 0 Å². The van der Waals surface area contributed by atoms with Crippen LogP contribution in [0, 0.1) is 0 Å². The van der Waals surface area contributed by atoms with Gasteiger partial charge < -0.3 is 5.32 Å². The highest BCUT2D eigenvalue weighted by Crippen LogP contribution is 2.42. The van der Waals surface area contributed by atoms with Crippen LogP contribution in [0.25, 0.3) is 0 Å². The number of hydrogen-bond acceptors (Lipinski definition) is 1. The molecule has 1 aliphatic rings. The van der Waals surface area contributed by atoms with E-state index in [0.29, 0.717) is 5.78 Å². The summed E-state index contributed by atoms with van der Waals surface area (Å²) in [6.45, 7) is 0. The van der Waals surface area contributed by atoms with Gasteiger partial charge in [-0.25, -0.2) is 0 Å². The van der Waals surface area contributed by atoms with Crippen molar-refractivity contribution in [2.24, 2.45) is 0 Å². The summed E-state index contributed by atoms with van der Waals surface area (Å²) in [6, 6.07) is 41.5. The van der Waals surface area contributed by atoms with E-state index < -0.39 is 0 Å². The predicted molar refractivity (Wildman–Crippen MR) is 124 cm³/mol. The second-order valence-corrected chi connectivity index (χ2v) is 8.24. The minimum atomic E-state index is -0.200. The van der Waals surface area contributed by atoms with Crippen LogP contribution in [0.3, 0.4) is 0 Å². The zero-order valence-electron chi connectivity index (χ0n) is 17.3. The number of quaternary nitrogens is 1. The first-order valence-electron chi connectivity index (χ1n) is 10.9. The Hall–Kier alpha value is -3.49. The highest BCUT2D eigenvalue weighted by atomic mass is 16.1. The van der Waals surface area contributed by atoms with Crippen LogP contribution in [0.2, 0.25) is 0 Å². The molecule has 0 aliphatic carbocycles. The van der Waals surface area contributed by atoms with E-state index in [1.54, 1.807) is 0 Å². The second kappa shape index (κ2) is 8.71. The summed E-state index contributed by atoms with van der Waals surface area (Å²) in [6.07, 6.45) is 0. The highest BCUT2D eigenvalue weighted by molar-refractivity contribution is 5.93. The van der Waals surface area contributed by atoms with Crippen molar-refractivity contribution in [1.29, 1.82) is 0 Å². The zero-order valence-corrected chi connectivity index (χ0v) is 17.3. The molecule has 4 atom stereocenters. The Bertz CT molecular complexity index is 1040. The maximum atomic E-state index is 14.3. The molecule has 31 heavy (non-hydrogen) atoms. The normalized spacial score (nSPS) is 23.4. The first kappa shape index (κ1) is 19.5. The first-order valence-corrected chi connectivity index (χ1v) is 10.9. The van der Waals surface area contributed by atoms with Gasteiger partial charge in [-0.2, -0.15) is 0 Å². The van der Waals surface area contributed by atoms with Gasteiger partial charge >= 0.3 is 0 Å². The summed E-state index contributed by atoms with van der Waals surface area (Å²) < 4.78 is 0. The first-order chi connectivity index (χ1) is 15.3. The van der Waals surface area contributed by atoms with Crippen molar-refractivity contribution in [2.75, 3.05) is 0 Å². The average Bonchev–Trinajstić information content (AvgIpc) is 2.85. The van der Waals surface area contributed by atoms with Gasteiger partial charge in [0.1, 0.15) is 12.1 Å². The van der Waals surface area contributed by atoms with Gasteiger partial charge in [-0.05, 0) is 11.1 Å². The van der Waals surface area contributed by atoms with Crippen LogP contribution < -0.4 is 5.32 Å². The van der Waals surface area contributed by atoms with E-state index in [1.807, 2.05) is 48.5 Å². The molecule has 4 aromatic rings. The van der Waals surface area contributed by atoms with Crippen LogP contribution in [0.4, 0.5) is 0 Å². The predicted octanol–water partition coefficient (Wildman–Crippen LogP) is 5.18. The third-order valence-electron chi connectivity index (χ3n) is 6.43. The topological polar surface area (TPSA) is 33.7 Å². The number of nitrogens with two attached hydrogens (primary N) is 1. The van der Waals surface area contributed by atoms with Crippen molar-refractivity contribution in [3.8, 4) is 0 Å². The van der Waals surface area contributed by atoms with E-state index in [0.717, 1.165) is 11.1 Å². The molecule has 1 aliphatic heterocycles. The molecule has 5 rings (SSSR count). The smallest absolute Gasteiger partial charge is 0.160 e. The number of ketones is 1. The minimum absolute atomic E-state index is 0.0290. The molecule has 0 saturated carbocycles. The summed E-state index contributed by atoms with van der Waals surface area (Å²) in [5, 5.41) is 2.42. The molecule has 1 fully saturated rings. The average molecular weight is 405 g/mol. The fraction of sp³-hybridized carbons (Fsp3) is 0.138. The zero-order chi connectivity index (χ0) is 21.0.